The number of carbonyl (C=O) groups is 2. The summed E-state index contributed by atoms with van der Waals surface area (Å²) in [5, 5.41) is 11.5. The van der Waals surface area contributed by atoms with Crippen LogP contribution in [-0.2, 0) is 16.0 Å². The maximum atomic E-state index is 11.6. The molecular formula is C14H19NO3. The number of carbonyl (C=O) groups excluding carboxylic acids is 1. The van der Waals surface area contributed by atoms with Gasteiger partial charge in [0.05, 0.1) is 0 Å². The summed E-state index contributed by atoms with van der Waals surface area (Å²) in [7, 11) is 0. The molecular weight excluding hydrogens is 230 g/mol. The number of rotatable bonds is 6. The molecule has 0 saturated heterocycles. The second-order valence-corrected chi connectivity index (χ2v) is 4.27. The summed E-state index contributed by atoms with van der Waals surface area (Å²) in [4.78, 5) is 22.4. The molecule has 0 radical (unpaired) electrons. The molecule has 1 aromatic rings. The molecule has 98 valence electrons. The van der Waals surface area contributed by atoms with E-state index >= 15 is 0 Å². The van der Waals surface area contributed by atoms with Crippen LogP contribution in [0.3, 0.4) is 0 Å². The highest BCUT2D eigenvalue weighted by Crippen LogP contribution is 2.07. The van der Waals surface area contributed by atoms with Crippen molar-refractivity contribution in [2.24, 2.45) is 5.92 Å². The molecule has 18 heavy (non-hydrogen) atoms. The van der Waals surface area contributed by atoms with Crippen molar-refractivity contribution in [2.75, 3.05) is 6.54 Å². The summed E-state index contributed by atoms with van der Waals surface area (Å²) in [6.45, 7) is 4.18. The lowest BCUT2D eigenvalue weighted by Crippen LogP contribution is -2.36. The van der Waals surface area contributed by atoms with Gasteiger partial charge in [-0.15, -0.1) is 0 Å². The van der Waals surface area contributed by atoms with Gasteiger partial charge in [-0.1, -0.05) is 31.2 Å². The molecule has 0 aliphatic carbocycles. The highest BCUT2D eigenvalue weighted by molar-refractivity contribution is 5.96. The van der Waals surface area contributed by atoms with Gasteiger partial charge in [0.15, 0.2) is 0 Å². The van der Waals surface area contributed by atoms with Gasteiger partial charge in [0.25, 0.3) is 0 Å². The quantitative estimate of drug-likeness (QED) is 0.755. The molecule has 4 nitrogen and oxygen atoms in total. The second kappa shape index (κ2) is 6.79. The molecule has 4 heteroatoms. The largest absolute Gasteiger partial charge is 0.481 e. The minimum absolute atomic E-state index is 0.311. The zero-order chi connectivity index (χ0) is 13.5. The van der Waals surface area contributed by atoms with Crippen LogP contribution in [0.4, 0.5) is 0 Å². The lowest BCUT2D eigenvalue weighted by molar-refractivity contribution is -0.147. The van der Waals surface area contributed by atoms with Crippen molar-refractivity contribution >= 4 is 11.9 Å². The Morgan fingerprint density at radius 3 is 2.56 bits per heavy atom. The predicted octanol–water partition coefficient (Wildman–Crippen LogP) is 1.76. The number of hydrogen-bond donors (Lipinski definition) is 2. The molecule has 0 bridgehead atoms. The van der Waals surface area contributed by atoms with Gasteiger partial charge in [-0.3, -0.25) is 9.59 Å². The Bertz CT molecular complexity index is 429. The fourth-order valence-electron chi connectivity index (χ4n) is 1.81. The third-order valence-corrected chi connectivity index (χ3v) is 2.98. The van der Waals surface area contributed by atoms with E-state index in [2.05, 4.69) is 5.32 Å². The number of amides is 1. The van der Waals surface area contributed by atoms with Crippen LogP contribution < -0.4 is 5.32 Å². The number of nitrogens with one attached hydrogen (secondary N) is 1. The molecule has 0 spiro atoms. The van der Waals surface area contributed by atoms with E-state index in [-0.39, 0.29) is 0 Å². The maximum Gasteiger partial charge on any atom is 0.316 e. The molecule has 0 aliphatic rings. The molecule has 1 rings (SSSR count). The third-order valence-electron chi connectivity index (χ3n) is 2.98. The smallest absolute Gasteiger partial charge is 0.316 e. The summed E-state index contributed by atoms with van der Waals surface area (Å²) >= 11 is 0. The van der Waals surface area contributed by atoms with Crippen molar-refractivity contribution < 1.29 is 14.7 Å². The van der Waals surface area contributed by atoms with Crippen molar-refractivity contribution in [2.45, 2.75) is 26.7 Å². The Morgan fingerprint density at radius 2 is 2.00 bits per heavy atom. The summed E-state index contributed by atoms with van der Waals surface area (Å²) in [5.74, 6) is -2.41. The summed E-state index contributed by atoms with van der Waals surface area (Å²) < 4.78 is 0. The number of aliphatic carboxylic acids is 1. The molecule has 1 unspecified atom stereocenters. The van der Waals surface area contributed by atoms with E-state index in [1.165, 1.54) is 11.1 Å². The minimum Gasteiger partial charge on any atom is -0.481 e. The lowest BCUT2D eigenvalue weighted by atomic mass is 10.0. The van der Waals surface area contributed by atoms with Crippen LogP contribution in [0.5, 0.6) is 0 Å². The minimum atomic E-state index is -1.06. The van der Waals surface area contributed by atoms with Crippen LogP contribution in [0.25, 0.3) is 0 Å². The van der Waals surface area contributed by atoms with Gasteiger partial charge >= 0.3 is 5.97 Å². The molecule has 0 heterocycles. The van der Waals surface area contributed by atoms with E-state index in [0.29, 0.717) is 19.4 Å². The second-order valence-electron chi connectivity index (χ2n) is 4.27. The summed E-state index contributed by atoms with van der Waals surface area (Å²) in [6, 6.07) is 7.95. The molecule has 0 saturated carbocycles. The van der Waals surface area contributed by atoms with Crippen LogP contribution >= 0.6 is 0 Å². The first-order chi connectivity index (χ1) is 8.56. The number of carboxylic acid groups (broad SMARTS) is 1. The topological polar surface area (TPSA) is 66.4 Å². The van der Waals surface area contributed by atoms with Crippen LogP contribution in [0.2, 0.25) is 0 Å². The van der Waals surface area contributed by atoms with Crippen molar-refractivity contribution in [1.82, 2.24) is 5.32 Å². The standard InChI is InChI=1S/C14H19NO3/c1-3-12(14(17)18)13(16)15-9-8-11-7-5-4-6-10(11)2/h4-7,12H,3,8-9H2,1-2H3,(H,15,16)(H,17,18). The number of benzene rings is 1. The highest BCUT2D eigenvalue weighted by atomic mass is 16.4. The first-order valence-corrected chi connectivity index (χ1v) is 6.11. The van der Waals surface area contributed by atoms with Gasteiger partial charge in [-0.05, 0) is 30.9 Å². The first-order valence-electron chi connectivity index (χ1n) is 6.11. The zero-order valence-corrected chi connectivity index (χ0v) is 10.8. The average Bonchev–Trinajstić information content (AvgIpc) is 2.32. The van der Waals surface area contributed by atoms with Crippen molar-refractivity contribution in [1.29, 1.82) is 0 Å². The highest BCUT2D eigenvalue weighted by Gasteiger charge is 2.23. The molecule has 0 fully saturated rings. The Balaban J connectivity index is 2.45. The fraction of sp³-hybridized carbons (Fsp3) is 0.429. The molecule has 2 N–H and O–H groups in total. The van der Waals surface area contributed by atoms with Crippen molar-refractivity contribution in [3.63, 3.8) is 0 Å². The van der Waals surface area contributed by atoms with E-state index in [0.717, 1.165) is 0 Å². The third kappa shape index (κ3) is 3.87. The first kappa shape index (κ1) is 14.2. The van der Waals surface area contributed by atoms with E-state index in [1.54, 1.807) is 6.92 Å². The monoisotopic (exact) mass is 249 g/mol. The lowest BCUT2D eigenvalue weighted by Gasteiger charge is -2.11. The summed E-state index contributed by atoms with van der Waals surface area (Å²) in [5.41, 5.74) is 2.35. The van der Waals surface area contributed by atoms with Gasteiger partial charge in [0, 0.05) is 6.54 Å². The van der Waals surface area contributed by atoms with Crippen LogP contribution in [0.15, 0.2) is 24.3 Å². The Labute approximate surface area is 107 Å². The van der Waals surface area contributed by atoms with Crippen LogP contribution in [0.1, 0.15) is 24.5 Å². The maximum absolute atomic E-state index is 11.6. The van der Waals surface area contributed by atoms with Crippen LogP contribution in [-0.4, -0.2) is 23.5 Å². The van der Waals surface area contributed by atoms with E-state index in [4.69, 9.17) is 5.11 Å². The number of carboxylic acids is 1. The Morgan fingerprint density at radius 1 is 1.33 bits per heavy atom. The van der Waals surface area contributed by atoms with E-state index in [9.17, 15) is 9.59 Å². The molecule has 0 aliphatic heterocycles. The summed E-state index contributed by atoms with van der Waals surface area (Å²) in [6.07, 6.45) is 1.03. The normalized spacial score (nSPS) is 11.9. The molecule has 1 aromatic carbocycles. The Kier molecular flexibility index (Phi) is 5.36. The number of hydrogen-bond acceptors (Lipinski definition) is 2. The van der Waals surface area contributed by atoms with Gasteiger partial charge in [0.2, 0.25) is 5.91 Å². The van der Waals surface area contributed by atoms with Gasteiger partial charge in [-0.2, -0.15) is 0 Å². The van der Waals surface area contributed by atoms with Gasteiger partial charge < -0.3 is 10.4 Å². The van der Waals surface area contributed by atoms with Gasteiger partial charge in [-0.25, -0.2) is 0 Å². The van der Waals surface area contributed by atoms with E-state index < -0.39 is 17.8 Å². The Hall–Kier alpha value is -1.84. The average molecular weight is 249 g/mol. The van der Waals surface area contributed by atoms with E-state index in [1.807, 2.05) is 31.2 Å². The molecule has 1 amide bonds. The van der Waals surface area contributed by atoms with Crippen molar-refractivity contribution in [3.05, 3.63) is 35.4 Å². The molecule has 1 atom stereocenters. The predicted molar refractivity (Wildman–Crippen MR) is 69.3 cm³/mol. The van der Waals surface area contributed by atoms with Gasteiger partial charge in [0.1, 0.15) is 5.92 Å². The zero-order valence-electron chi connectivity index (χ0n) is 10.8. The van der Waals surface area contributed by atoms with Crippen LogP contribution in [0, 0.1) is 12.8 Å². The number of aryl methyl sites for hydroxylation is 1. The molecule has 0 aromatic heterocycles. The SMILES string of the molecule is CCC(C(=O)O)C(=O)NCCc1ccccc1C. The van der Waals surface area contributed by atoms with Crippen molar-refractivity contribution in [3.8, 4) is 0 Å². The fourth-order valence-corrected chi connectivity index (χ4v) is 1.81.